The lowest BCUT2D eigenvalue weighted by molar-refractivity contribution is 0.190. The Labute approximate surface area is 120 Å². The van der Waals surface area contributed by atoms with Crippen LogP contribution >= 0.6 is 11.6 Å². The van der Waals surface area contributed by atoms with Gasteiger partial charge in [-0.15, -0.1) is 11.6 Å². The molecule has 0 saturated heterocycles. The number of aryl methyl sites for hydroxylation is 1. The summed E-state index contributed by atoms with van der Waals surface area (Å²) in [5, 5.41) is 0. The third-order valence-electron chi connectivity index (χ3n) is 3.08. The van der Waals surface area contributed by atoms with Crippen molar-refractivity contribution in [3.8, 4) is 0 Å². The van der Waals surface area contributed by atoms with Gasteiger partial charge in [0.05, 0.1) is 5.88 Å². The van der Waals surface area contributed by atoms with E-state index in [-0.39, 0.29) is 17.1 Å². The minimum absolute atomic E-state index is 0.159. The SMILES string of the molecule is CCn1c(=O)c2[nH]c(CCl)nc2n(CCCOC)c1=O. The second-order valence-corrected chi connectivity index (χ2v) is 4.61. The highest BCUT2D eigenvalue weighted by atomic mass is 35.5. The fourth-order valence-electron chi connectivity index (χ4n) is 2.13. The standard InChI is InChI=1S/C12H17ClN4O3/c1-3-16-11(18)9-10(15-8(7-13)14-9)17(12(16)19)5-4-6-20-2/h3-7H2,1-2H3,(H,14,15). The van der Waals surface area contributed by atoms with Crippen LogP contribution in [0.1, 0.15) is 19.2 Å². The minimum Gasteiger partial charge on any atom is -0.385 e. The number of aromatic nitrogens is 4. The summed E-state index contributed by atoms with van der Waals surface area (Å²) in [6, 6.07) is 0. The van der Waals surface area contributed by atoms with Gasteiger partial charge in [-0.3, -0.25) is 13.9 Å². The highest BCUT2D eigenvalue weighted by Crippen LogP contribution is 2.08. The van der Waals surface area contributed by atoms with E-state index in [9.17, 15) is 9.59 Å². The average Bonchev–Trinajstić information content (AvgIpc) is 2.87. The lowest BCUT2D eigenvalue weighted by Gasteiger charge is -2.09. The van der Waals surface area contributed by atoms with E-state index in [2.05, 4.69) is 9.97 Å². The normalized spacial score (nSPS) is 11.3. The Bertz CT molecular complexity index is 716. The first-order chi connectivity index (χ1) is 9.63. The third-order valence-corrected chi connectivity index (χ3v) is 3.34. The van der Waals surface area contributed by atoms with Gasteiger partial charge in [-0.05, 0) is 13.3 Å². The van der Waals surface area contributed by atoms with Gasteiger partial charge in [0.25, 0.3) is 5.56 Å². The molecule has 110 valence electrons. The number of H-pyrrole nitrogens is 1. The lowest BCUT2D eigenvalue weighted by Crippen LogP contribution is -2.39. The molecular weight excluding hydrogens is 284 g/mol. The topological polar surface area (TPSA) is 81.9 Å². The summed E-state index contributed by atoms with van der Waals surface area (Å²) < 4.78 is 7.67. The van der Waals surface area contributed by atoms with Crippen molar-refractivity contribution in [2.45, 2.75) is 32.3 Å². The van der Waals surface area contributed by atoms with Crippen molar-refractivity contribution in [3.63, 3.8) is 0 Å². The Kier molecular flexibility index (Phi) is 4.61. The number of hydrogen-bond acceptors (Lipinski definition) is 4. The minimum atomic E-state index is -0.362. The Morgan fingerprint density at radius 1 is 1.35 bits per heavy atom. The van der Waals surface area contributed by atoms with E-state index in [4.69, 9.17) is 16.3 Å². The molecule has 0 unspecified atom stereocenters. The molecule has 2 aromatic rings. The maximum atomic E-state index is 12.3. The van der Waals surface area contributed by atoms with Crippen LogP contribution in [0.5, 0.6) is 0 Å². The third kappa shape index (κ3) is 2.51. The predicted molar refractivity (Wildman–Crippen MR) is 76.3 cm³/mol. The van der Waals surface area contributed by atoms with E-state index in [0.717, 1.165) is 0 Å². The van der Waals surface area contributed by atoms with Crippen molar-refractivity contribution >= 4 is 22.8 Å². The monoisotopic (exact) mass is 300 g/mol. The van der Waals surface area contributed by atoms with Crippen molar-refractivity contribution in [2.75, 3.05) is 13.7 Å². The van der Waals surface area contributed by atoms with Crippen LogP contribution in [0.3, 0.4) is 0 Å². The molecule has 7 nitrogen and oxygen atoms in total. The summed E-state index contributed by atoms with van der Waals surface area (Å²) in [6.07, 6.45) is 0.663. The Balaban J connectivity index is 2.66. The highest BCUT2D eigenvalue weighted by molar-refractivity contribution is 6.16. The van der Waals surface area contributed by atoms with Crippen LogP contribution in [-0.4, -0.2) is 32.8 Å². The molecule has 0 radical (unpaired) electrons. The van der Waals surface area contributed by atoms with Crippen molar-refractivity contribution in [1.82, 2.24) is 19.1 Å². The van der Waals surface area contributed by atoms with Crippen molar-refractivity contribution in [3.05, 3.63) is 26.7 Å². The molecule has 2 heterocycles. The first-order valence-electron chi connectivity index (χ1n) is 6.41. The number of halogens is 1. The zero-order valence-corrected chi connectivity index (χ0v) is 12.2. The van der Waals surface area contributed by atoms with Gasteiger partial charge >= 0.3 is 5.69 Å². The number of rotatable bonds is 6. The van der Waals surface area contributed by atoms with Crippen LogP contribution in [0.25, 0.3) is 11.2 Å². The van der Waals surface area contributed by atoms with Crippen molar-refractivity contribution < 1.29 is 4.74 Å². The highest BCUT2D eigenvalue weighted by Gasteiger charge is 2.15. The van der Waals surface area contributed by atoms with E-state index in [1.54, 1.807) is 14.0 Å². The van der Waals surface area contributed by atoms with Crippen LogP contribution in [0.2, 0.25) is 0 Å². The van der Waals surface area contributed by atoms with Crippen LogP contribution in [0.15, 0.2) is 9.59 Å². The molecule has 0 fully saturated rings. The van der Waals surface area contributed by atoms with Gasteiger partial charge in [0.2, 0.25) is 0 Å². The number of fused-ring (bicyclic) bond motifs is 1. The molecule has 0 aliphatic heterocycles. The molecule has 0 bridgehead atoms. The van der Waals surface area contributed by atoms with Gasteiger partial charge in [-0.2, -0.15) is 0 Å². The predicted octanol–water partition coefficient (Wildman–Crippen LogP) is 0.681. The van der Waals surface area contributed by atoms with Crippen molar-refractivity contribution in [2.24, 2.45) is 0 Å². The quantitative estimate of drug-likeness (QED) is 0.628. The summed E-state index contributed by atoms with van der Waals surface area (Å²) in [4.78, 5) is 31.6. The maximum Gasteiger partial charge on any atom is 0.332 e. The Hall–Kier alpha value is -1.60. The molecule has 0 spiro atoms. The van der Waals surface area contributed by atoms with E-state index in [0.29, 0.717) is 43.1 Å². The maximum absolute atomic E-state index is 12.3. The zero-order chi connectivity index (χ0) is 14.7. The van der Waals surface area contributed by atoms with Crippen molar-refractivity contribution in [1.29, 1.82) is 0 Å². The number of aromatic amines is 1. The lowest BCUT2D eigenvalue weighted by atomic mass is 10.4. The average molecular weight is 301 g/mol. The number of nitrogens with zero attached hydrogens (tertiary/aromatic N) is 3. The summed E-state index contributed by atoms with van der Waals surface area (Å²) >= 11 is 5.73. The smallest absolute Gasteiger partial charge is 0.332 e. The van der Waals surface area contributed by atoms with Gasteiger partial charge in [0, 0.05) is 26.8 Å². The molecule has 2 rings (SSSR count). The number of nitrogens with one attached hydrogen (secondary N) is 1. The molecule has 0 aliphatic carbocycles. The molecule has 0 saturated carbocycles. The zero-order valence-electron chi connectivity index (χ0n) is 11.5. The van der Waals surface area contributed by atoms with Gasteiger partial charge in [-0.25, -0.2) is 9.78 Å². The molecule has 0 aromatic carbocycles. The Morgan fingerprint density at radius 3 is 2.70 bits per heavy atom. The van der Waals surface area contributed by atoms with Crippen LogP contribution in [-0.2, 0) is 23.7 Å². The van der Waals surface area contributed by atoms with Crippen LogP contribution in [0.4, 0.5) is 0 Å². The van der Waals surface area contributed by atoms with Crippen LogP contribution in [0, 0.1) is 0 Å². The van der Waals surface area contributed by atoms with E-state index in [1.165, 1.54) is 9.13 Å². The molecule has 0 atom stereocenters. The molecule has 2 aromatic heterocycles. The number of methoxy groups -OCH3 is 1. The van der Waals surface area contributed by atoms with E-state index < -0.39 is 0 Å². The molecule has 0 amide bonds. The van der Waals surface area contributed by atoms with E-state index in [1.807, 2.05) is 0 Å². The largest absolute Gasteiger partial charge is 0.385 e. The van der Waals surface area contributed by atoms with Gasteiger partial charge < -0.3 is 9.72 Å². The van der Waals surface area contributed by atoms with Gasteiger partial charge in [0.15, 0.2) is 5.65 Å². The van der Waals surface area contributed by atoms with Gasteiger partial charge in [-0.1, -0.05) is 0 Å². The number of alkyl halides is 1. The molecule has 0 aliphatic rings. The fourth-order valence-corrected chi connectivity index (χ4v) is 2.25. The number of ether oxygens (including phenoxy) is 1. The Morgan fingerprint density at radius 2 is 2.10 bits per heavy atom. The summed E-state index contributed by atoms with van der Waals surface area (Å²) in [7, 11) is 1.60. The second-order valence-electron chi connectivity index (χ2n) is 4.35. The van der Waals surface area contributed by atoms with Crippen LogP contribution < -0.4 is 11.2 Å². The second kappa shape index (κ2) is 6.23. The van der Waals surface area contributed by atoms with E-state index >= 15 is 0 Å². The summed E-state index contributed by atoms with van der Waals surface area (Å²) in [5.41, 5.74) is -0.0379. The number of imidazole rings is 1. The molecule has 8 heteroatoms. The molecular formula is C12H17ClN4O3. The number of hydrogen-bond donors (Lipinski definition) is 1. The first-order valence-corrected chi connectivity index (χ1v) is 6.94. The summed E-state index contributed by atoms with van der Waals surface area (Å²) in [6.45, 7) is 3.04. The first kappa shape index (κ1) is 14.8. The molecule has 1 N–H and O–H groups in total. The molecule has 20 heavy (non-hydrogen) atoms. The summed E-state index contributed by atoms with van der Waals surface area (Å²) in [5.74, 6) is 0.638. The fraction of sp³-hybridized carbons (Fsp3) is 0.583. The van der Waals surface area contributed by atoms with Gasteiger partial charge in [0.1, 0.15) is 11.3 Å².